The minimum atomic E-state index is -1.23. The predicted octanol–water partition coefficient (Wildman–Crippen LogP) is 5.13. The highest BCUT2D eigenvalue weighted by Gasteiger charge is 2.23. The molecule has 0 aliphatic carbocycles. The van der Waals surface area contributed by atoms with Crippen LogP contribution in [0.1, 0.15) is 11.1 Å². The lowest BCUT2D eigenvalue weighted by Gasteiger charge is -2.32. The number of halogens is 1. The van der Waals surface area contributed by atoms with Crippen LogP contribution in [0, 0.1) is 5.82 Å². The maximum Gasteiger partial charge on any atom is 0.128 e. The van der Waals surface area contributed by atoms with Gasteiger partial charge in [0.05, 0.1) is 6.04 Å². The topological polar surface area (TPSA) is 21.1 Å². The van der Waals surface area contributed by atoms with Crippen LogP contribution in [-0.2, 0) is 13.0 Å². The molecule has 0 N–H and O–H groups in total. The van der Waals surface area contributed by atoms with Gasteiger partial charge in [-0.1, -0.05) is 30.5 Å². The molecule has 1 unspecified atom stereocenters. The second-order valence-corrected chi connectivity index (χ2v) is 10.6. The summed E-state index contributed by atoms with van der Waals surface area (Å²) in [5.41, 5.74) is 3.47. The Morgan fingerprint density at radius 3 is 2.53 bits per heavy atom. The number of nitrogens with zero attached hydrogens (tertiary/aromatic N) is 3. The molecule has 30 heavy (non-hydrogen) atoms. The average molecular weight is 420 g/mol. The van der Waals surface area contributed by atoms with E-state index in [2.05, 4.69) is 39.7 Å². The number of hydrogen-bond donors (Lipinski definition) is 0. The Hall–Kier alpha value is -3.05. The Morgan fingerprint density at radius 1 is 1.17 bits per heavy atom. The summed E-state index contributed by atoms with van der Waals surface area (Å²) in [4.78, 5) is 6.35. The molecule has 0 radical (unpaired) electrons. The summed E-state index contributed by atoms with van der Waals surface area (Å²) in [6.07, 6.45) is 10.0. The zero-order valence-electron chi connectivity index (χ0n) is 17.0. The summed E-state index contributed by atoms with van der Waals surface area (Å²) < 4.78 is 16.8. The molecule has 3 heterocycles. The van der Waals surface area contributed by atoms with Gasteiger partial charge in [0.25, 0.3) is 0 Å². The van der Waals surface area contributed by atoms with Gasteiger partial charge in [-0.2, -0.15) is 9.21 Å². The molecule has 0 bridgehead atoms. The molecule has 0 fully saturated rings. The third-order valence-corrected chi connectivity index (χ3v) is 7.07. The predicted molar refractivity (Wildman–Crippen MR) is 128 cm³/mol. The van der Waals surface area contributed by atoms with Crippen molar-refractivity contribution in [3.05, 3.63) is 108 Å². The Balaban J connectivity index is 1.56. The molecule has 154 valence electrons. The van der Waals surface area contributed by atoms with E-state index in [0.717, 1.165) is 22.7 Å². The quantitative estimate of drug-likeness (QED) is 0.495. The molecule has 3 aromatic rings. The van der Waals surface area contributed by atoms with Gasteiger partial charge in [0, 0.05) is 54.9 Å². The van der Waals surface area contributed by atoms with Crippen molar-refractivity contribution >= 4 is 20.9 Å². The highest BCUT2D eigenvalue weighted by molar-refractivity contribution is 8.30. The Morgan fingerprint density at radius 2 is 1.90 bits per heavy atom. The third-order valence-electron chi connectivity index (χ3n) is 5.33. The van der Waals surface area contributed by atoms with Crippen molar-refractivity contribution in [1.29, 1.82) is 0 Å². The monoisotopic (exact) mass is 419 g/mol. The van der Waals surface area contributed by atoms with E-state index >= 15 is 0 Å². The van der Waals surface area contributed by atoms with Gasteiger partial charge in [0.15, 0.2) is 0 Å². The van der Waals surface area contributed by atoms with Crippen LogP contribution in [0.4, 0.5) is 4.39 Å². The highest BCUT2D eigenvalue weighted by atomic mass is 32.2. The van der Waals surface area contributed by atoms with E-state index in [-0.39, 0.29) is 11.9 Å². The second-order valence-electron chi connectivity index (χ2n) is 7.77. The van der Waals surface area contributed by atoms with Crippen LogP contribution in [0.25, 0.3) is 5.69 Å². The van der Waals surface area contributed by atoms with E-state index in [1.165, 1.54) is 0 Å². The smallest absolute Gasteiger partial charge is 0.128 e. The molecule has 1 atom stereocenters. The van der Waals surface area contributed by atoms with Crippen LogP contribution in [0.15, 0.2) is 91.0 Å². The minimum Gasteiger partial charge on any atom is -0.363 e. The molecule has 5 heteroatoms. The second kappa shape index (κ2) is 8.36. The molecule has 1 aromatic carbocycles. The SMILES string of the molecule is C=C(Cc1ccc(-n2cccc2)cc1F)N(Cc1ccncc1)C1C=CS(=C)(=C)C1. The van der Waals surface area contributed by atoms with Crippen molar-refractivity contribution in [1.82, 2.24) is 14.5 Å². The first kappa shape index (κ1) is 20.2. The molecule has 1 aliphatic rings. The largest absolute Gasteiger partial charge is 0.363 e. The lowest BCUT2D eigenvalue weighted by atomic mass is 10.1. The first-order valence-corrected chi connectivity index (χ1v) is 12.0. The van der Waals surface area contributed by atoms with Crippen LogP contribution in [0.5, 0.6) is 0 Å². The van der Waals surface area contributed by atoms with Crippen LogP contribution in [-0.4, -0.2) is 38.0 Å². The van der Waals surface area contributed by atoms with Gasteiger partial charge >= 0.3 is 0 Å². The first-order chi connectivity index (χ1) is 14.4. The van der Waals surface area contributed by atoms with Gasteiger partial charge < -0.3 is 9.47 Å². The first-order valence-electron chi connectivity index (χ1n) is 9.82. The molecule has 4 rings (SSSR count). The zero-order chi connectivity index (χ0) is 21.1. The van der Waals surface area contributed by atoms with E-state index in [9.17, 15) is 4.39 Å². The number of pyridine rings is 1. The van der Waals surface area contributed by atoms with Gasteiger partial charge in [0.1, 0.15) is 5.82 Å². The summed E-state index contributed by atoms with van der Waals surface area (Å²) in [5, 5.41) is 2.14. The summed E-state index contributed by atoms with van der Waals surface area (Å²) in [6, 6.07) is 13.4. The highest BCUT2D eigenvalue weighted by Crippen LogP contribution is 2.34. The van der Waals surface area contributed by atoms with Crippen molar-refractivity contribution in [2.75, 3.05) is 5.75 Å². The zero-order valence-corrected chi connectivity index (χ0v) is 17.8. The molecule has 0 saturated heterocycles. The fourth-order valence-corrected chi connectivity index (χ4v) is 5.32. The molecule has 2 aromatic heterocycles. The van der Waals surface area contributed by atoms with Crippen molar-refractivity contribution in [3.8, 4) is 5.69 Å². The van der Waals surface area contributed by atoms with Crippen molar-refractivity contribution in [2.45, 2.75) is 19.0 Å². The van der Waals surface area contributed by atoms with Crippen LogP contribution >= 0.6 is 9.21 Å². The summed E-state index contributed by atoms with van der Waals surface area (Å²) in [5.74, 6) is 9.18. The fourth-order valence-electron chi connectivity index (χ4n) is 3.72. The fraction of sp³-hybridized carbons (Fsp3) is 0.160. The van der Waals surface area contributed by atoms with Gasteiger partial charge in [-0.25, -0.2) is 4.39 Å². The maximum atomic E-state index is 14.9. The molecule has 0 spiro atoms. The number of aromatic nitrogens is 2. The van der Waals surface area contributed by atoms with Gasteiger partial charge in [-0.3, -0.25) is 4.98 Å². The maximum absolute atomic E-state index is 14.9. The Bertz CT molecular complexity index is 1160. The Labute approximate surface area is 178 Å². The average Bonchev–Trinajstić information content (AvgIpc) is 3.38. The molecule has 1 aliphatic heterocycles. The van der Waals surface area contributed by atoms with Crippen molar-refractivity contribution in [2.24, 2.45) is 0 Å². The summed E-state index contributed by atoms with van der Waals surface area (Å²) in [6.45, 7) is 5.01. The van der Waals surface area contributed by atoms with Crippen molar-refractivity contribution < 1.29 is 4.39 Å². The number of allylic oxidation sites excluding steroid dienone is 1. The molecular weight excluding hydrogens is 393 g/mol. The molecule has 3 nitrogen and oxygen atoms in total. The standard InChI is InChI=1S/C25H26FN3S/c1-20(16-22-6-7-23(17-25(22)26)28-13-4-5-14-28)29(18-21-8-11-27-12-9-21)24-10-15-30(2,3)19-24/h4-15,17,24H,1-3,16,18-19H2. The van der Waals surface area contributed by atoms with Gasteiger partial charge in [-0.05, 0) is 52.9 Å². The molecular formula is C25H26FN3S. The normalized spacial score (nSPS) is 17.2. The van der Waals surface area contributed by atoms with E-state index in [4.69, 9.17) is 0 Å². The van der Waals surface area contributed by atoms with Crippen LogP contribution < -0.4 is 0 Å². The molecule has 0 amide bonds. The van der Waals surface area contributed by atoms with E-state index in [1.807, 2.05) is 53.4 Å². The van der Waals surface area contributed by atoms with Crippen LogP contribution in [0.2, 0.25) is 0 Å². The lowest BCUT2D eigenvalue weighted by molar-refractivity contribution is 0.298. The van der Waals surface area contributed by atoms with E-state index in [1.54, 1.807) is 18.5 Å². The lowest BCUT2D eigenvalue weighted by Crippen LogP contribution is -2.34. The van der Waals surface area contributed by atoms with Crippen LogP contribution in [0.3, 0.4) is 0 Å². The number of rotatable bonds is 7. The summed E-state index contributed by atoms with van der Waals surface area (Å²) in [7, 11) is -1.23. The van der Waals surface area contributed by atoms with E-state index in [0.29, 0.717) is 18.5 Å². The number of benzene rings is 1. The van der Waals surface area contributed by atoms with E-state index < -0.39 is 9.21 Å². The molecule has 0 saturated carbocycles. The summed E-state index contributed by atoms with van der Waals surface area (Å²) >= 11 is 0. The Kier molecular flexibility index (Phi) is 5.64. The minimum absolute atomic E-state index is 0.165. The van der Waals surface area contributed by atoms with Gasteiger partial charge in [0.2, 0.25) is 0 Å². The number of hydrogen-bond acceptors (Lipinski definition) is 2. The van der Waals surface area contributed by atoms with Gasteiger partial charge in [-0.15, -0.1) is 0 Å². The van der Waals surface area contributed by atoms with Crippen molar-refractivity contribution in [3.63, 3.8) is 0 Å². The third kappa shape index (κ3) is 4.57.